The molecule has 0 amide bonds. The minimum atomic E-state index is 0.800. The second-order valence-corrected chi connectivity index (χ2v) is 3.19. The molecule has 14 heavy (non-hydrogen) atoms. The number of anilines is 1. The molecule has 0 N–H and O–H groups in total. The highest BCUT2D eigenvalue weighted by Crippen LogP contribution is 2.33. The van der Waals surface area contributed by atoms with Gasteiger partial charge in [0.05, 0.1) is 12.2 Å². The van der Waals surface area contributed by atoms with E-state index in [1.54, 1.807) is 0 Å². The van der Waals surface area contributed by atoms with Crippen molar-refractivity contribution in [3.8, 4) is 5.75 Å². The maximum absolute atomic E-state index is 5.58. The van der Waals surface area contributed by atoms with Crippen molar-refractivity contribution >= 4 is 5.69 Å². The van der Waals surface area contributed by atoms with Crippen LogP contribution in [0.3, 0.4) is 0 Å². The number of ether oxygens (including phenoxy) is 1. The van der Waals surface area contributed by atoms with Crippen LogP contribution in [0.5, 0.6) is 5.75 Å². The minimum absolute atomic E-state index is 0.800. The predicted octanol–water partition coefficient (Wildman–Crippen LogP) is 2.85. The van der Waals surface area contributed by atoms with Crippen molar-refractivity contribution in [1.82, 2.24) is 0 Å². The Bertz CT molecular complexity index is 296. The lowest BCUT2D eigenvalue weighted by molar-refractivity contribution is 0.309. The third-order valence-electron chi connectivity index (χ3n) is 2.28. The zero-order valence-corrected chi connectivity index (χ0v) is 9.50. The summed E-state index contributed by atoms with van der Waals surface area (Å²) in [5.41, 5.74) is 2.43. The van der Waals surface area contributed by atoms with E-state index >= 15 is 0 Å². The number of aryl methyl sites for hydroxylation is 1. The van der Waals surface area contributed by atoms with Gasteiger partial charge in [0, 0.05) is 7.05 Å². The summed E-state index contributed by atoms with van der Waals surface area (Å²) in [7, 11) is 2.10. The average molecular weight is 193 g/mol. The Kier molecular flexibility index (Phi) is 3.81. The van der Waals surface area contributed by atoms with E-state index < -0.39 is 0 Å². The predicted molar refractivity (Wildman–Crippen MR) is 61.3 cm³/mol. The first-order chi connectivity index (χ1) is 6.79. The molecule has 0 bridgehead atoms. The molecule has 2 rings (SSSR count). The van der Waals surface area contributed by atoms with Gasteiger partial charge in [-0.05, 0) is 18.6 Å². The summed E-state index contributed by atoms with van der Waals surface area (Å²) < 4.78 is 5.58. The monoisotopic (exact) mass is 193 g/mol. The molecular weight excluding hydrogens is 174 g/mol. The van der Waals surface area contributed by atoms with Crippen molar-refractivity contribution in [2.24, 2.45) is 0 Å². The topological polar surface area (TPSA) is 12.5 Å². The summed E-state index contributed by atoms with van der Waals surface area (Å²) in [5, 5.41) is 0. The SMILES string of the molecule is CC.Cc1cccc2c1OCCN2C. The van der Waals surface area contributed by atoms with Gasteiger partial charge >= 0.3 is 0 Å². The van der Waals surface area contributed by atoms with Crippen LogP contribution in [-0.4, -0.2) is 20.2 Å². The van der Waals surface area contributed by atoms with Gasteiger partial charge in [-0.25, -0.2) is 0 Å². The fourth-order valence-corrected chi connectivity index (χ4v) is 1.53. The zero-order valence-electron chi connectivity index (χ0n) is 9.50. The third-order valence-corrected chi connectivity index (χ3v) is 2.28. The second kappa shape index (κ2) is 4.89. The van der Waals surface area contributed by atoms with Crippen molar-refractivity contribution in [2.45, 2.75) is 20.8 Å². The maximum Gasteiger partial charge on any atom is 0.145 e. The van der Waals surface area contributed by atoms with Crippen molar-refractivity contribution < 1.29 is 4.74 Å². The molecule has 0 fully saturated rings. The van der Waals surface area contributed by atoms with Gasteiger partial charge < -0.3 is 9.64 Å². The first-order valence-corrected chi connectivity index (χ1v) is 5.22. The molecule has 1 aliphatic rings. The molecule has 0 radical (unpaired) electrons. The van der Waals surface area contributed by atoms with Crippen LogP contribution < -0.4 is 9.64 Å². The number of likely N-dealkylation sites (N-methyl/N-ethyl adjacent to an activating group) is 1. The lowest BCUT2D eigenvalue weighted by Crippen LogP contribution is -2.29. The fourth-order valence-electron chi connectivity index (χ4n) is 1.53. The van der Waals surface area contributed by atoms with Crippen molar-refractivity contribution in [3.63, 3.8) is 0 Å². The molecule has 0 unspecified atom stereocenters. The van der Waals surface area contributed by atoms with Crippen LogP contribution in [0.25, 0.3) is 0 Å². The molecule has 0 aromatic heterocycles. The standard InChI is InChI=1S/C10H13NO.C2H6/c1-8-4-3-5-9-10(8)12-7-6-11(9)2;1-2/h3-5H,6-7H2,1-2H3;1-2H3. The van der Waals surface area contributed by atoms with Gasteiger partial charge in [-0.1, -0.05) is 26.0 Å². The Morgan fingerprint density at radius 2 is 2.00 bits per heavy atom. The zero-order chi connectivity index (χ0) is 10.6. The molecule has 0 saturated carbocycles. The van der Waals surface area contributed by atoms with Crippen molar-refractivity contribution in [2.75, 3.05) is 25.1 Å². The van der Waals surface area contributed by atoms with Crippen LogP contribution in [0.4, 0.5) is 5.69 Å². The third kappa shape index (κ3) is 2.00. The average Bonchev–Trinajstić information content (AvgIpc) is 2.23. The molecule has 1 heterocycles. The van der Waals surface area contributed by atoms with Gasteiger partial charge in [0.15, 0.2) is 0 Å². The molecule has 78 valence electrons. The molecule has 1 aromatic rings. The van der Waals surface area contributed by atoms with Crippen molar-refractivity contribution in [3.05, 3.63) is 23.8 Å². The van der Waals surface area contributed by atoms with Crippen molar-refractivity contribution in [1.29, 1.82) is 0 Å². The van der Waals surface area contributed by atoms with E-state index in [2.05, 4.69) is 37.1 Å². The summed E-state index contributed by atoms with van der Waals surface area (Å²) in [6.45, 7) is 7.86. The molecule has 0 atom stereocenters. The Balaban J connectivity index is 0.000000461. The van der Waals surface area contributed by atoms with Crippen LogP contribution in [0.15, 0.2) is 18.2 Å². The van der Waals surface area contributed by atoms with E-state index in [0.717, 1.165) is 18.9 Å². The van der Waals surface area contributed by atoms with E-state index in [0.29, 0.717) is 0 Å². The van der Waals surface area contributed by atoms with Crippen LogP contribution in [0.1, 0.15) is 19.4 Å². The highest BCUT2D eigenvalue weighted by Gasteiger charge is 2.15. The lowest BCUT2D eigenvalue weighted by atomic mass is 10.1. The van der Waals surface area contributed by atoms with E-state index in [1.165, 1.54) is 11.3 Å². The normalized spacial score (nSPS) is 13.6. The number of hydrogen-bond donors (Lipinski definition) is 0. The summed E-state index contributed by atoms with van der Waals surface area (Å²) in [6, 6.07) is 6.25. The molecule has 1 aromatic carbocycles. The largest absolute Gasteiger partial charge is 0.489 e. The number of fused-ring (bicyclic) bond motifs is 1. The minimum Gasteiger partial charge on any atom is -0.489 e. The summed E-state index contributed by atoms with van der Waals surface area (Å²) >= 11 is 0. The Hall–Kier alpha value is -1.18. The highest BCUT2D eigenvalue weighted by molar-refractivity contribution is 5.62. The van der Waals surface area contributed by atoms with Crippen LogP contribution in [0, 0.1) is 6.92 Å². The van der Waals surface area contributed by atoms with Crippen LogP contribution in [0.2, 0.25) is 0 Å². The lowest BCUT2D eigenvalue weighted by Gasteiger charge is -2.28. The van der Waals surface area contributed by atoms with E-state index in [-0.39, 0.29) is 0 Å². The molecule has 0 spiro atoms. The number of hydrogen-bond acceptors (Lipinski definition) is 2. The van der Waals surface area contributed by atoms with Gasteiger partial charge in [0.25, 0.3) is 0 Å². The molecule has 0 aliphatic carbocycles. The van der Waals surface area contributed by atoms with E-state index in [1.807, 2.05) is 13.8 Å². The smallest absolute Gasteiger partial charge is 0.145 e. The molecule has 0 saturated heterocycles. The Morgan fingerprint density at radius 1 is 1.29 bits per heavy atom. The summed E-state index contributed by atoms with van der Waals surface area (Å²) in [6.07, 6.45) is 0. The second-order valence-electron chi connectivity index (χ2n) is 3.19. The summed E-state index contributed by atoms with van der Waals surface area (Å²) in [5.74, 6) is 1.05. The molecule has 2 heteroatoms. The Morgan fingerprint density at radius 3 is 2.64 bits per heavy atom. The van der Waals surface area contributed by atoms with Crippen LogP contribution in [-0.2, 0) is 0 Å². The molecule has 2 nitrogen and oxygen atoms in total. The van der Waals surface area contributed by atoms with Gasteiger partial charge in [0.1, 0.15) is 12.4 Å². The molecular formula is C12H19NO. The first-order valence-electron chi connectivity index (χ1n) is 5.22. The Labute approximate surface area is 86.5 Å². The van der Waals surface area contributed by atoms with Crippen LogP contribution >= 0.6 is 0 Å². The highest BCUT2D eigenvalue weighted by atomic mass is 16.5. The fraction of sp³-hybridized carbons (Fsp3) is 0.500. The quantitative estimate of drug-likeness (QED) is 0.628. The number of benzene rings is 1. The number of rotatable bonds is 0. The molecule has 1 aliphatic heterocycles. The van der Waals surface area contributed by atoms with Gasteiger partial charge in [-0.15, -0.1) is 0 Å². The van der Waals surface area contributed by atoms with Gasteiger partial charge in [0.2, 0.25) is 0 Å². The first kappa shape index (κ1) is 10.9. The number of para-hydroxylation sites is 1. The van der Waals surface area contributed by atoms with Gasteiger partial charge in [-0.2, -0.15) is 0 Å². The maximum atomic E-state index is 5.58. The summed E-state index contributed by atoms with van der Waals surface area (Å²) in [4.78, 5) is 2.23. The number of nitrogens with zero attached hydrogens (tertiary/aromatic N) is 1. The van der Waals surface area contributed by atoms with Gasteiger partial charge in [-0.3, -0.25) is 0 Å². The van der Waals surface area contributed by atoms with E-state index in [9.17, 15) is 0 Å². The van der Waals surface area contributed by atoms with E-state index in [4.69, 9.17) is 4.74 Å².